The first kappa shape index (κ1) is 13.1. The predicted molar refractivity (Wildman–Crippen MR) is 76.6 cm³/mol. The van der Waals surface area contributed by atoms with E-state index in [0.29, 0.717) is 5.92 Å². The summed E-state index contributed by atoms with van der Waals surface area (Å²) in [6.45, 7) is 3.02. The maximum atomic E-state index is 5.25. The molecule has 2 aromatic heterocycles. The van der Waals surface area contributed by atoms with Gasteiger partial charge >= 0.3 is 0 Å². The zero-order chi connectivity index (χ0) is 13.8. The Morgan fingerprint density at radius 3 is 3.15 bits per heavy atom. The highest BCUT2D eigenvalue weighted by atomic mass is 16.5. The molecule has 0 aliphatic carbocycles. The lowest BCUT2D eigenvalue weighted by atomic mass is 9.97. The van der Waals surface area contributed by atoms with Gasteiger partial charge in [0.1, 0.15) is 11.6 Å². The molecule has 1 atom stereocenters. The van der Waals surface area contributed by atoms with Crippen LogP contribution in [0.4, 0.5) is 0 Å². The number of aromatic nitrogens is 3. The van der Waals surface area contributed by atoms with Gasteiger partial charge in [0.15, 0.2) is 0 Å². The van der Waals surface area contributed by atoms with Crippen LogP contribution < -0.4 is 4.74 Å². The van der Waals surface area contributed by atoms with Gasteiger partial charge in [0.05, 0.1) is 12.8 Å². The van der Waals surface area contributed by atoms with Crippen LogP contribution in [-0.2, 0) is 6.54 Å². The molecule has 106 valence electrons. The Labute approximate surface area is 119 Å². The number of H-pyrrole nitrogens is 1. The van der Waals surface area contributed by atoms with Gasteiger partial charge in [0, 0.05) is 43.7 Å². The van der Waals surface area contributed by atoms with Gasteiger partial charge in [-0.3, -0.25) is 9.88 Å². The standard InChI is InChI=1S/C15H20N4O/c1-20-14-4-5-16-13(9-14)11-19-8-2-3-12(10-19)15-17-6-7-18-15/h4-7,9,12H,2-3,8,10-11H2,1H3,(H,17,18)/t12-/m0/s1. The minimum Gasteiger partial charge on any atom is -0.497 e. The van der Waals surface area contributed by atoms with E-state index in [1.807, 2.05) is 30.7 Å². The van der Waals surface area contributed by atoms with Crippen LogP contribution >= 0.6 is 0 Å². The second kappa shape index (κ2) is 6.05. The second-order valence-electron chi connectivity index (χ2n) is 5.24. The molecule has 0 radical (unpaired) electrons. The first-order valence-corrected chi connectivity index (χ1v) is 7.05. The highest BCUT2D eigenvalue weighted by Gasteiger charge is 2.23. The Balaban J connectivity index is 1.65. The molecule has 5 heteroatoms. The van der Waals surface area contributed by atoms with Gasteiger partial charge in [0.2, 0.25) is 0 Å². The lowest BCUT2D eigenvalue weighted by Crippen LogP contribution is -2.34. The zero-order valence-electron chi connectivity index (χ0n) is 11.7. The number of aromatic amines is 1. The number of piperidine rings is 1. The van der Waals surface area contributed by atoms with Gasteiger partial charge in [-0.25, -0.2) is 4.98 Å². The van der Waals surface area contributed by atoms with Crippen LogP contribution in [0.3, 0.4) is 0 Å². The second-order valence-corrected chi connectivity index (χ2v) is 5.24. The molecule has 5 nitrogen and oxygen atoms in total. The fraction of sp³-hybridized carbons (Fsp3) is 0.467. The molecular formula is C15H20N4O. The van der Waals surface area contributed by atoms with Crippen molar-refractivity contribution in [3.63, 3.8) is 0 Å². The molecule has 1 saturated heterocycles. The first-order chi connectivity index (χ1) is 9.85. The molecule has 0 amide bonds. The van der Waals surface area contributed by atoms with Crippen molar-refractivity contribution in [1.29, 1.82) is 0 Å². The largest absolute Gasteiger partial charge is 0.497 e. The van der Waals surface area contributed by atoms with Crippen LogP contribution in [0.15, 0.2) is 30.7 Å². The van der Waals surface area contributed by atoms with Crippen LogP contribution in [0.25, 0.3) is 0 Å². The van der Waals surface area contributed by atoms with Crippen molar-refractivity contribution in [2.45, 2.75) is 25.3 Å². The number of imidazole rings is 1. The van der Waals surface area contributed by atoms with Crippen LogP contribution in [0.1, 0.15) is 30.3 Å². The third-order valence-corrected chi connectivity index (χ3v) is 3.82. The molecule has 1 fully saturated rings. The van der Waals surface area contributed by atoms with Crippen molar-refractivity contribution in [2.75, 3.05) is 20.2 Å². The quantitative estimate of drug-likeness (QED) is 0.927. The summed E-state index contributed by atoms with van der Waals surface area (Å²) in [5.74, 6) is 2.48. The molecule has 0 aromatic carbocycles. The smallest absolute Gasteiger partial charge is 0.122 e. The monoisotopic (exact) mass is 272 g/mol. The molecule has 1 aliphatic heterocycles. The van der Waals surface area contributed by atoms with E-state index in [9.17, 15) is 0 Å². The van der Waals surface area contributed by atoms with Gasteiger partial charge in [-0.1, -0.05) is 0 Å². The molecule has 1 N–H and O–H groups in total. The summed E-state index contributed by atoms with van der Waals surface area (Å²) < 4.78 is 5.25. The van der Waals surface area contributed by atoms with Gasteiger partial charge in [-0.15, -0.1) is 0 Å². The Hall–Kier alpha value is -1.88. The predicted octanol–water partition coefficient (Wildman–Crippen LogP) is 2.19. The number of hydrogen-bond acceptors (Lipinski definition) is 4. The number of nitrogens with zero attached hydrogens (tertiary/aromatic N) is 3. The molecule has 1 aliphatic rings. The fourth-order valence-corrected chi connectivity index (χ4v) is 2.82. The lowest BCUT2D eigenvalue weighted by Gasteiger charge is -2.31. The number of methoxy groups -OCH3 is 1. The Morgan fingerprint density at radius 2 is 2.35 bits per heavy atom. The first-order valence-electron chi connectivity index (χ1n) is 7.05. The van der Waals surface area contributed by atoms with Crippen LogP contribution in [0.5, 0.6) is 5.75 Å². The minimum absolute atomic E-state index is 0.504. The maximum absolute atomic E-state index is 5.25. The van der Waals surface area contributed by atoms with E-state index in [4.69, 9.17) is 4.74 Å². The van der Waals surface area contributed by atoms with E-state index in [2.05, 4.69) is 19.9 Å². The average molecular weight is 272 g/mol. The molecule has 3 rings (SSSR count). The molecule has 3 heterocycles. The van der Waals surface area contributed by atoms with E-state index in [-0.39, 0.29) is 0 Å². The van der Waals surface area contributed by atoms with E-state index >= 15 is 0 Å². The molecule has 0 saturated carbocycles. The Bertz CT molecular complexity index is 541. The Kier molecular flexibility index (Phi) is 3.97. The number of pyridine rings is 1. The minimum atomic E-state index is 0.504. The topological polar surface area (TPSA) is 54.0 Å². The molecular weight excluding hydrogens is 252 g/mol. The van der Waals surface area contributed by atoms with Gasteiger partial charge in [0.25, 0.3) is 0 Å². The van der Waals surface area contributed by atoms with Crippen molar-refractivity contribution >= 4 is 0 Å². The van der Waals surface area contributed by atoms with Gasteiger partial charge in [-0.05, 0) is 25.5 Å². The summed E-state index contributed by atoms with van der Waals surface area (Å²) in [5.41, 5.74) is 1.06. The normalized spacial score (nSPS) is 19.9. The summed E-state index contributed by atoms with van der Waals surface area (Å²) in [5, 5.41) is 0. The third-order valence-electron chi connectivity index (χ3n) is 3.82. The molecule has 2 aromatic rings. The third kappa shape index (κ3) is 2.99. The molecule has 20 heavy (non-hydrogen) atoms. The molecule has 0 bridgehead atoms. The highest BCUT2D eigenvalue weighted by molar-refractivity contribution is 5.22. The lowest BCUT2D eigenvalue weighted by molar-refractivity contribution is 0.194. The molecule has 0 unspecified atom stereocenters. The number of nitrogens with one attached hydrogen (secondary N) is 1. The van der Waals surface area contributed by atoms with Crippen molar-refractivity contribution in [3.8, 4) is 5.75 Å². The van der Waals surface area contributed by atoms with E-state index in [1.165, 1.54) is 12.8 Å². The number of likely N-dealkylation sites (tertiary alicyclic amines) is 1. The highest BCUT2D eigenvalue weighted by Crippen LogP contribution is 2.25. The summed E-state index contributed by atoms with van der Waals surface area (Å²) in [7, 11) is 1.69. The van der Waals surface area contributed by atoms with Crippen molar-refractivity contribution in [2.24, 2.45) is 0 Å². The number of rotatable bonds is 4. The summed E-state index contributed by atoms with van der Waals surface area (Å²) in [4.78, 5) is 14.5. The van der Waals surface area contributed by atoms with E-state index in [1.54, 1.807) is 7.11 Å². The fourth-order valence-electron chi connectivity index (χ4n) is 2.82. The Morgan fingerprint density at radius 1 is 1.40 bits per heavy atom. The molecule has 0 spiro atoms. The van der Waals surface area contributed by atoms with E-state index in [0.717, 1.165) is 36.9 Å². The van der Waals surface area contributed by atoms with Crippen LogP contribution in [0.2, 0.25) is 0 Å². The summed E-state index contributed by atoms with van der Waals surface area (Å²) >= 11 is 0. The van der Waals surface area contributed by atoms with Crippen LogP contribution in [-0.4, -0.2) is 40.1 Å². The number of ether oxygens (including phenoxy) is 1. The SMILES string of the molecule is COc1ccnc(CN2CCC[C@H](c3ncc[nH]3)C2)c1. The van der Waals surface area contributed by atoms with Crippen molar-refractivity contribution in [3.05, 3.63) is 42.2 Å². The number of hydrogen-bond donors (Lipinski definition) is 1. The van der Waals surface area contributed by atoms with E-state index < -0.39 is 0 Å². The average Bonchev–Trinajstić information content (AvgIpc) is 3.02. The summed E-state index contributed by atoms with van der Waals surface area (Å²) in [6.07, 6.45) is 7.95. The van der Waals surface area contributed by atoms with Gasteiger partial charge < -0.3 is 9.72 Å². The van der Waals surface area contributed by atoms with Gasteiger partial charge in [-0.2, -0.15) is 0 Å². The maximum Gasteiger partial charge on any atom is 0.122 e. The van der Waals surface area contributed by atoms with Crippen LogP contribution in [0, 0.1) is 0 Å². The van der Waals surface area contributed by atoms with Crippen molar-refractivity contribution < 1.29 is 4.74 Å². The zero-order valence-corrected chi connectivity index (χ0v) is 11.7. The summed E-state index contributed by atoms with van der Waals surface area (Å²) in [6, 6.07) is 3.89. The van der Waals surface area contributed by atoms with Crippen molar-refractivity contribution in [1.82, 2.24) is 19.9 Å².